The molecule has 13 heavy (non-hydrogen) atoms. The average molecular weight is 188 g/mol. The lowest BCUT2D eigenvalue weighted by Gasteiger charge is -2.27. The molecule has 0 bridgehead atoms. The Morgan fingerprint density at radius 2 is 1.77 bits per heavy atom. The van der Waals surface area contributed by atoms with Crippen LogP contribution in [0.1, 0.15) is 6.92 Å². The molecule has 7 heteroatoms. The molecule has 1 aliphatic heterocycles. The molecule has 0 aromatic heterocycles. The normalized spacial score (nSPS) is 18.6. The monoisotopic (exact) mass is 188 g/mol. The molecule has 7 nitrogen and oxygen atoms in total. The number of esters is 1. The summed E-state index contributed by atoms with van der Waals surface area (Å²) in [5.74, 6) is -0.892. The van der Waals surface area contributed by atoms with Crippen molar-refractivity contribution in [3.63, 3.8) is 0 Å². The standard InChI is InChI=1S/C6H6NO6/c1-3(8)12-4(9)7(2)5(10)13-6(7)11/h1-2H3/q+1. The summed E-state index contributed by atoms with van der Waals surface area (Å²) in [4.78, 5) is 42.7. The second-order valence-electron chi connectivity index (χ2n) is 2.50. The van der Waals surface area contributed by atoms with Gasteiger partial charge < -0.3 is 4.74 Å². The van der Waals surface area contributed by atoms with Crippen LogP contribution in [0.5, 0.6) is 0 Å². The van der Waals surface area contributed by atoms with Gasteiger partial charge in [0.2, 0.25) is 0 Å². The first kappa shape index (κ1) is 9.33. The second kappa shape index (κ2) is 2.63. The van der Waals surface area contributed by atoms with Crippen LogP contribution in [0.25, 0.3) is 0 Å². The molecular formula is C6H6NO6+. The molecule has 0 N–H and O–H groups in total. The van der Waals surface area contributed by atoms with Gasteiger partial charge in [0.15, 0.2) is 0 Å². The van der Waals surface area contributed by atoms with Crippen LogP contribution in [-0.2, 0) is 14.3 Å². The molecule has 1 fully saturated rings. The predicted molar refractivity (Wildman–Crippen MR) is 35.2 cm³/mol. The van der Waals surface area contributed by atoms with Crippen LogP contribution in [0.15, 0.2) is 0 Å². The number of quaternary nitrogens is 1. The van der Waals surface area contributed by atoms with Crippen molar-refractivity contribution in [1.29, 1.82) is 0 Å². The zero-order chi connectivity index (χ0) is 10.2. The number of carbonyl (C=O) groups is 4. The van der Waals surface area contributed by atoms with E-state index in [1.807, 2.05) is 0 Å². The van der Waals surface area contributed by atoms with Crippen LogP contribution >= 0.6 is 0 Å². The molecule has 0 aromatic carbocycles. The van der Waals surface area contributed by atoms with E-state index in [2.05, 4.69) is 9.47 Å². The average Bonchev–Trinajstić information content (AvgIpc) is 2.02. The van der Waals surface area contributed by atoms with Crippen LogP contribution < -0.4 is 0 Å². The number of imide groups is 3. The molecule has 0 aliphatic carbocycles. The summed E-state index contributed by atoms with van der Waals surface area (Å²) in [7, 11) is 0.986. The van der Waals surface area contributed by atoms with Gasteiger partial charge in [-0.05, 0) is 4.48 Å². The van der Waals surface area contributed by atoms with Gasteiger partial charge in [0, 0.05) is 6.92 Å². The Morgan fingerprint density at radius 3 is 2.08 bits per heavy atom. The van der Waals surface area contributed by atoms with E-state index in [0.717, 1.165) is 14.0 Å². The zero-order valence-electron chi connectivity index (χ0n) is 6.90. The van der Waals surface area contributed by atoms with Crippen LogP contribution in [0.3, 0.4) is 0 Å². The van der Waals surface area contributed by atoms with Crippen molar-refractivity contribution in [2.45, 2.75) is 6.92 Å². The fraction of sp³-hybridized carbons (Fsp3) is 0.333. The molecule has 1 rings (SSSR count). The Kier molecular flexibility index (Phi) is 1.89. The summed E-state index contributed by atoms with van der Waals surface area (Å²) in [6.45, 7) is 0.986. The molecular weight excluding hydrogens is 182 g/mol. The van der Waals surface area contributed by atoms with Gasteiger partial charge in [0.05, 0.1) is 0 Å². The Hall–Kier alpha value is -1.76. The lowest BCUT2D eigenvalue weighted by Crippen LogP contribution is -2.67. The molecule has 1 heterocycles. The first-order valence-corrected chi connectivity index (χ1v) is 3.25. The van der Waals surface area contributed by atoms with Crippen molar-refractivity contribution in [2.75, 3.05) is 7.05 Å². The molecule has 0 spiro atoms. The van der Waals surface area contributed by atoms with Gasteiger partial charge in [0.25, 0.3) is 0 Å². The van der Waals surface area contributed by atoms with Gasteiger partial charge in [0.1, 0.15) is 7.05 Å². The van der Waals surface area contributed by atoms with Gasteiger partial charge in [-0.15, -0.1) is 0 Å². The molecule has 0 aromatic rings. The topological polar surface area (TPSA) is 86.7 Å². The Morgan fingerprint density at radius 1 is 1.31 bits per heavy atom. The van der Waals surface area contributed by atoms with Crippen molar-refractivity contribution in [3.05, 3.63) is 0 Å². The highest BCUT2D eigenvalue weighted by Gasteiger charge is 2.65. The van der Waals surface area contributed by atoms with E-state index in [1.54, 1.807) is 0 Å². The number of amides is 3. The van der Waals surface area contributed by atoms with Crippen molar-refractivity contribution in [1.82, 2.24) is 0 Å². The summed E-state index contributed by atoms with van der Waals surface area (Å²) in [5.41, 5.74) is 0. The quantitative estimate of drug-likeness (QED) is 0.310. The minimum atomic E-state index is -1.28. The third-order valence-electron chi connectivity index (χ3n) is 1.50. The number of carbonyl (C=O) groups excluding carboxylic acids is 4. The van der Waals surface area contributed by atoms with Gasteiger partial charge in [-0.1, -0.05) is 0 Å². The van der Waals surface area contributed by atoms with Gasteiger partial charge >= 0.3 is 24.2 Å². The van der Waals surface area contributed by atoms with Crippen LogP contribution in [0.2, 0.25) is 0 Å². The number of hydrogen-bond donors (Lipinski definition) is 0. The summed E-state index contributed by atoms with van der Waals surface area (Å²) < 4.78 is 6.73. The Labute approximate surface area is 72.4 Å². The number of rotatable bonds is 0. The summed E-state index contributed by atoms with van der Waals surface area (Å²) in [6.07, 6.45) is -3.37. The molecule has 0 saturated carbocycles. The number of hydrogen-bond acceptors (Lipinski definition) is 6. The van der Waals surface area contributed by atoms with E-state index < -0.39 is 28.7 Å². The van der Waals surface area contributed by atoms with E-state index >= 15 is 0 Å². The van der Waals surface area contributed by atoms with Gasteiger partial charge in [-0.2, -0.15) is 14.4 Å². The maximum atomic E-state index is 11.0. The van der Waals surface area contributed by atoms with Gasteiger partial charge in [-0.25, -0.2) is 0 Å². The maximum absolute atomic E-state index is 11.0. The lowest BCUT2D eigenvalue weighted by atomic mass is 10.5. The van der Waals surface area contributed by atoms with E-state index in [9.17, 15) is 19.2 Å². The van der Waals surface area contributed by atoms with E-state index in [1.165, 1.54) is 0 Å². The highest BCUT2D eigenvalue weighted by atomic mass is 16.7. The first-order chi connectivity index (χ1) is 5.89. The van der Waals surface area contributed by atoms with Crippen LogP contribution in [0.4, 0.5) is 14.4 Å². The number of cyclic esters (lactones) is 2. The summed E-state index contributed by atoms with van der Waals surface area (Å²) in [5, 5.41) is 0. The third kappa shape index (κ3) is 1.18. The number of nitrogens with zero attached hydrogens (tertiary/aromatic N) is 1. The molecule has 0 unspecified atom stereocenters. The van der Waals surface area contributed by atoms with Crippen LogP contribution in [-0.4, -0.2) is 35.8 Å². The lowest BCUT2D eigenvalue weighted by molar-refractivity contribution is -0.720. The number of ether oxygens (including phenoxy) is 2. The zero-order valence-corrected chi connectivity index (χ0v) is 6.90. The Bertz CT molecular complexity index is 305. The minimum absolute atomic E-state index is 0.892. The highest BCUT2D eigenvalue weighted by molar-refractivity contribution is 6.02. The maximum Gasteiger partial charge on any atom is 0.549 e. The molecule has 70 valence electrons. The molecule has 0 radical (unpaired) electrons. The molecule has 1 aliphatic rings. The minimum Gasteiger partial charge on any atom is -0.345 e. The molecule has 0 atom stereocenters. The molecule has 1 saturated heterocycles. The van der Waals surface area contributed by atoms with Crippen molar-refractivity contribution >= 4 is 24.2 Å². The van der Waals surface area contributed by atoms with Crippen molar-refractivity contribution in [2.24, 2.45) is 0 Å². The smallest absolute Gasteiger partial charge is 0.345 e. The largest absolute Gasteiger partial charge is 0.549 e. The van der Waals surface area contributed by atoms with Crippen LogP contribution in [0, 0.1) is 0 Å². The highest BCUT2D eigenvalue weighted by Crippen LogP contribution is 2.22. The second-order valence-corrected chi connectivity index (χ2v) is 2.50. The van der Waals surface area contributed by atoms with Crippen molar-refractivity contribution < 1.29 is 33.1 Å². The molecule has 3 amide bonds. The first-order valence-electron chi connectivity index (χ1n) is 3.25. The van der Waals surface area contributed by atoms with E-state index in [4.69, 9.17) is 0 Å². The summed E-state index contributed by atoms with van der Waals surface area (Å²) >= 11 is 0. The predicted octanol–water partition coefficient (Wildman–Crippen LogP) is 0.386. The third-order valence-corrected chi connectivity index (χ3v) is 1.50. The Balaban J connectivity index is 2.81. The fourth-order valence-electron chi connectivity index (χ4n) is 0.656. The van der Waals surface area contributed by atoms with E-state index in [-0.39, 0.29) is 0 Å². The fourth-order valence-corrected chi connectivity index (χ4v) is 0.656. The SMILES string of the molecule is CC(=O)OC(=O)[N+]1(C)C(=O)OC1=O. The van der Waals surface area contributed by atoms with Crippen molar-refractivity contribution in [3.8, 4) is 0 Å². The summed E-state index contributed by atoms with van der Waals surface area (Å²) in [6, 6.07) is 0. The van der Waals surface area contributed by atoms with E-state index in [0.29, 0.717) is 0 Å². The van der Waals surface area contributed by atoms with Gasteiger partial charge in [-0.3, -0.25) is 9.53 Å².